The van der Waals surface area contributed by atoms with Crippen LogP contribution >= 0.6 is 0 Å². The van der Waals surface area contributed by atoms with E-state index in [1.54, 1.807) is 0 Å². The number of rotatable bonds is 6. The van der Waals surface area contributed by atoms with Gasteiger partial charge in [-0.15, -0.1) is 0 Å². The first-order valence-electron chi connectivity index (χ1n) is 10.0. The molecule has 0 aliphatic carbocycles. The van der Waals surface area contributed by atoms with E-state index in [0.717, 1.165) is 36.4 Å². The first-order valence-corrected chi connectivity index (χ1v) is 10.0. The molecule has 1 aliphatic rings. The van der Waals surface area contributed by atoms with Gasteiger partial charge in [0, 0.05) is 31.4 Å². The summed E-state index contributed by atoms with van der Waals surface area (Å²) in [6.07, 6.45) is 0.434. The Balaban J connectivity index is 1.68. The number of carbonyl (C=O) groups is 1. The van der Waals surface area contributed by atoms with Crippen molar-refractivity contribution in [3.05, 3.63) is 65.7 Å². The van der Waals surface area contributed by atoms with Gasteiger partial charge in [-0.2, -0.15) is 0 Å². The van der Waals surface area contributed by atoms with Crippen LogP contribution in [-0.2, 0) is 16.1 Å². The lowest BCUT2D eigenvalue weighted by Gasteiger charge is -2.35. The molecule has 1 saturated heterocycles. The first kappa shape index (κ1) is 20.5. The molecule has 5 heteroatoms. The molecule has 1 aliphatic heterocycles. The number of nitrogens with one attached hydrogen (secondary N) is 1. The fourth-order valence-electron chi connectivity index (χ4n) is 3.81. The second-order valence-corrected chi connectivity index (χ2v) is 7.82. The van der Waals surface area contributed by atoms with Crippen molar-refractivity contribution < 1.29 is 9.53 Å². The summed E-state index contributed by atoms with van der Waals surface area (Å²) >= 11 is 0. The molecule has 1 amide bonds. The Labute approximate surface area is 167 Å². The fraction of sp³-hybridized carbons (Fsp3) is 0.435. The number of nitrogens with zero attached hydrogens (tertiary/aromatic N) is 1. The molecule has 28 heavy (non-hydrogen) atoms. The molecule has 1 heterocycles. The van der Waals surface area contributed by atoms with Crippen LogP contribution < -0.4 is 11.1 Å². The number of hydrogen-bond donors (Lipinski definition) is 2. The maximum atomic E-state index is 12.9. The predicted molar refractivity (Wildman–Crippen MR) is 113 cm³/mol. The number of anilines is 1. The third-order valence-corrected chi connectivity index (χ3v) is 5.30. The minimum atomic E-state index is -0.339. The second kappa shape index (κ2) is 9.32. The summed E-state index contributed by atoms with van der Waals surface area (Å²) in [7, 11) is 0. The van der Waals surface area contributed by atoms with Gasteiger partial charge in [-0.3, -0.25) is 9.69 Å². The zero-order valence-electron chi connectivity index (χ0n) is 17.0. The summed E-state index contributed by atoms with van der Waals surface area (Å²) in [6.45, 7) is 8.64. The highest BCUT2D eigenvalue weighted by Crippen LogP contribution is 2.24. The van der Waals surface area contributed by atoms with Crippen molar-refractivity contribution in [1.82, 2.24) is 4.90 Å². The van der Waals surface area contributed by atoms with E-state index in [9.17, 15) is 4.79 Å². The van der Waals surface area contributed by atoms with E-state index in [1.165, 1.54) is 0 Å². The molecule has 0 saturated carbocycles. The van der Waals surface area contributed by atoms with Crippen molar-refractivity contribution in [3.8, 4) is 0 Å². The van der Waals surface area contributed by atoms with Gasteiger partial charge in [0.1, 0.15) is 0 Å². The van der Waals surface area contributed by atoms with E-state index >= 15 is 0 Å². The number of nitrogens with two attached hydrogens (primary N) is 1. The summed E-state index contributed by atoms with van der Waals surface area (Å²) in [5.41, 5.74) is 9.26. The molecular formula is C23H31N3O2. The van der Waals surface area contributed by atoms with E-state index in [0.29, 0.717) is 0 Å². The normalized spacial score (nSPS) is 22.4. The van der Waals surface area contributed by atoms with Crippen LogP contribution in [0.15, 0.2) is 54.6 Å². The molecule has 4 atom stereocenters. The molecule has 150 valence electrons. The Morgan fingerprint density at radius 1 is 1.11 bits per heavy atom. The van der Waals surface area contributed by atoms with Crippen molar-refractivity contribution in [2.45, 2.75) is 45.6 Å². The van der Waals surface area contributed by atoms with Crippen molar-refractivity contribution >= 4 is 11.6 Å². The third kappa shape index (κ3) is 5.19. The average molecular weight is 382 g/mol. The molecule has 0 radical (unpaired) electrons. The Hall–Kier alpha value is -2.21. The minimum Gasteiger partial charge on any atom is -0.373 e. The maximum absolute atomic E-state index is 12.9. The summed E-state index contributed by atoms with van der Waals surface area (Å²) in [5, 5.41) is 3.10. The summed E-state index contributed by atoms with van der Waals surface area (Å²) < 4.78 is 5.82. The van der Waals surface area contributed by atoms with E-state index in [4.69, 9.17) is 10.5 Å². The van der Waals surface area contributed by atoms with Crippen LogP contribution in [0.2, 0.25) is 0 Å². The largest absolute Gasteiger partial charge is 0.373 e. The zero-order chi connectivity index (χ0) is 20.1. The van der Waals surface area contributed by atoms with Gasteiger partial charge in [0.15, 0.2) is 0 Å². The van der Waals surface area contributed by atoms with Crippen LogP contribution in [0.25, 0.3) is 0 Å². The molecule has 2 aromatic carbocycles. The van der Waals surface area contributed by atoms with Gasteiger partial charge in [-0.25, -0.2) is 0 Å². The van der Waals surface area contributed by atoms with Crippen LogP contribution in [0.4, 0.5) is 5.69 Å². The average Bonchev–Trinajstić information content (AvgIpc) is 2.68. The molecule has 4 unspecified atom stereocenters. The van der Waals surface area contributed by atoms with Gasteiger partial charge in [-0.1, -0.05) is 55.5 Å². The SMILES string of the molecule is CC1CN(Cc2ccccc2NC(=O)C(C)C(N)c2ccccc2)CC(C)O1. The van der Waals surface area contributed by atoms with E-state index in [2.05, 4.69) is 30.1 Å². The first-order chi connectivity index (χ1) is 13.4. The molecule has 3 N–H and O–H groups in total. The van der Waals surface area contributed by atoms with Gasteiger partial charge >= 0.3 is 0 Å². The number of carbonyl (C=O) groups excluding carboxylic acids is 1. The number of hydrogen-bond acceptors (Lipinski definition) is 4. The third-order valence-electron chi connectivity index (χ3n) is 5.30. The highest BCUT2D eigenvalue weighted by atomic mass is 16.5. The topological polar surface area (TPSA) is 67.6 Å². The van der Waals surface area contributed by atoms with Crippen LogP contribution in [0, 0.1) is 5.92 Å². The van der Waals surface area contributed by atoms with Gasteiger partial charge in [0.05, 0.1) is 18.1 Å². The zero-order valence-corrected chi connectivity index (χ0v) is 17.0. The Bertz CT molecular complexity index is 770. The van der Waals surface area contributed by atoms with E-state index < -0.39 is 0 Å². The van der Waals surface area contributed by atoms with Crippen LogP contribution in [0.3, 0.4) is 0 Å². The summed E-state index contributed by atoms with van der Waals surface area (Å²) in [4.78, 5) is 15.2. The molecule has 5 nitrogen and oxygen atoms in total. The molecule has 0 spiro atoms. The monoisotopic (exact) mass is 381 g/mol. The predicted octanol–water partition coefficient (Wildman–Crippen LogP) is 3.57. The number of ether oxygens (including phenoxy) is 1. The smallest absolute Gasteiger partial charge is 0.229 e. The Morgan fingerprint density at radius 2 is 1.71 bits per heavy atom. The number of para-hydroxylation sites is 1. The molecular weight excluding hydrogens is 350 g/mol. The highest BCUT2D eigenvalue weighted by molar-refractivity contribution is 5.93. The van der Waals surface area contributed by atoms with Crippen molar-refractivity contribution in [2.75, 3.05) is 18.4 Å². The van der Waals surface area contributed by atoms with E-state index in [-0.39, 0.29) is 30.1 Å². The highest BCUT2D eigenvalue weighted by Gasteiger charge is 2.25. The minimum absolute atomic E-state index is 0.0625. The molecule has 0 bridgehead atoms. The lowest BCUT2D eigenvalue weighted by atomic mass is 9.94. The standard InChI is InChI=1S/C23H31N3O2/c1-16-13-26(14-17(2)28-16)15-20-11-7-8-12-21(20)25-23(27)18(3)22(24)19-9-5-4-6-10-19/h4-12,16-18,22H,13-15,24H2,1-3H3,(H,25,27). The van der Waals surface area contributed by atoms with Crippen LogP contribution in [0.1, 0.15) is 37.9 Å². The molecule has 2 aromatic rings. The van der Waals surface area contributed by atoms with Crippen LogP contribution in [-0.4, -0.2) is 36.1 Å². The molecule has 0 aromatic heterocycles. The van der Waals surface area contributed by atoms with Gasteiger partial charge < -0.3 is 15.8 Å². The maximum Gasteiger partial charge on any atom is 0.229 e. The number of benzene rings is 2. The Morgan fingerprint density at radius 3 is 2.39 bits per heavy atom. The lowest BCUT2D eigenvalue weighted by molar-refractivity contribution is -0.120. The van der Waals surface area contributed by atoms with Crippen molar-refractivity contribution in [3.63, 3.8) is 0 Å². The van der Waals surface area contributed by atoms with Gasteiger partial charge in [0.25, 0.3) is 0 Å². The van der Waals surface area contributed by atoms with Crippen LogP contribution in [0.5, 0.6) is 0 Å². The molecule has 3 rings (SSSR count). The number of morpholine rings is 1. The summed E-state index contributed by atoms with van der Waals surface area (Å²) in [5.74, 6) is -0.397. The van der Waals surface area contributed by atoms with Gasteiger partial charge in [0.2, 0.25) is 5.91 Å². The Kier molecular flexibility index (Phi) is 6.83. The van der Waals surface area contributed by atoms with Crippen molar-refractivity contribution in [1.29, 1.82) is 0 Å². The summed E-state index contributed by atoms with van der Waals surface area (Å²) in [6, 6.07) is 17.4. The van der Waals surface area contributed by atoms with E-state index in [1.807, 2.05) is 55.5 Å². The number of amides is 1. The van der Waals surface area contributed by atoms with Gasteiger partial charge in [-0.05, 0) is 31.0 Å². The second-order valence-electron chi connectivity index (χ2n) is 7.82. The molecule has 1 fully saturated rings. The van der Waals surface area contributed by atoms with Crippen molar-refractivity contribution in [2.24, 2.45) is 11.7 Å². The lowest BCUT2D eigenvalue weighted by Crippen LogP contribution is -2.44. The fourth-order valence-corrected chi connectivity index (χ4v) is 3.81. The quantitative estimate of drug-likeness (QED) is 0.803.